The van der Waals surface area contributed by atoms with E-state index in [-0.39, 0.29) is 16.3 Å². The van der Waals surface area contributed by atoms with Crippen LogP contribution in [0.2, 0.25) is 0 Å². The number of para-hydroxylation sites is 1. The number of benzene rings is 3. The second kappa shape index (κ2) is 7.34. The van der Waals surface area contributed by atoms with Crippen LogP contribution >= 0.6 is 0 Å². The van der Waals surface area contributed by atoms with Gasteiger partial charge in [-0.1, -0.05) is 18.2 Å². The number of nitrogen functional groups attached to an aromatic ring is 1. The van der Waals surface area contributed by atoms with E-state index in [0.717, 1.165) is 6.07 Å². The smallest absolute Gasteiger partial charge is 0.294 e. The van der Waals surface area contributed by atoms with Gasteiger partial charge in [-0.2, -0.15) is 0 Å². The lowest BCUT2D eigenvalue weighted by molar-refractivity contribution is -0.384. The number of hydrogen-bond acceptors (Lipinski definition) is 6. The van der Waals surface area contributed by atoms with E-state index in [9.17, 15) is 18.5 Å². The maximum Gasteiger partial charge on any atom is 0.294 e. The van der Waals surface area contributed by atoms with Crippen molar-refractivity contribution in [2.45, 2.75) is 4.90 Å². The number of rotatable bonds is 6. The van der Waals surface area contributed by atoms with E-state index in [2.05, 4.69) is 10.0 Å². The Bertz CT molecular complexity index is 1070. The first kappa shape index (κ1) is 18.2. The maximum absolute atomic E-state index is 12.5. The second-order valence-corrected chi connectivity index (χ2v) is 7.34. The summed E-state index contributed by atoms with van der Waals surface area (Å²) in [7, 11) is -3.96. The second-order valence-electron chi connectivity index (χ2n) is 5.65. The zero-order valence-electron chi connectivity index (χ0n) is 14.0. The molecule has 3 aromatic rings. The molecule has 0 atom stereocenters. The minimum Gasteiger partial charge on any atom is -0.399 e. The molecule has 138 valence electrons. The minimum atomic E-state index is -3.96. The van der Waals surface area contributed by atoms with Crippen molar-refractivity contribution in [2.24, 2.45) is 0 Å². The predicted molar refractivity (Wildman–Crippen MR) is 104 cm³/mol. The van der Waals surface area contributed by atoms with Gasteiger partial charge < -0.3 is 11.1 Å². The topological polar surface area (TPSA) is 127 Å². The van der Waals surface area contributed by atoms with E-state index >= 15 is 0 Å². The van der Waals surface area contributed by atoms with Gasteiger partial charge in [0.15, 0.2) is 0 Å². The zero-order chi connectivity index (χ0) is 19.4. The third-order valence-corrected chi connectivity index (χ3v) is 5.07. The van der Waals surface area contributed by atoms with Crippen molar-refractivity contribution in [1.82, 2.24) is 0 Å². The molecule has 0 fully saturated rings. The summed E-state index contributed by atoms with van der Waals surface area (Å²) in [6.45, 7) is 0. The average Bonchev–Trinajstić information content (AvgIpc) is 2.64. The summed E-state index contributed by atoms with van der Waals surface area (Å²) >= 11 is 0. The molecule has 0 spiro atoms. The van der Waals surface area contributed by atoms with E-state index in [0.29, 0.717) is 17.1 Å². The molecule has 0 aliphatic carbocycles. The third kappa shape index (κ3) is 4.33. The number of nitro benzene ring substituents is 1. The average molecular weight is 384 g/mol. The van der Waals surface area contributed by atoms with Crippen LogP contribution in [0.1, 0.15) is 0 Å². The largest absolute Gasteiger partial charge is 0.399 e. The summed E-state index contributed by atoms with van der Waals surface area (Å²) in [5.41, 5.74) is 6.94. The van der Waals surface area contributed by atoms with Gasteiger partial charge in [0.25, 0.3) is 15.7 Å². The molecule has 3 aromatic carbocycles. The summed E-state index contributed by atoms with van der Waals surface area (Å²) in [4.78, 5) is 10.6. The molecule has 4 N–H and O–H groups in total. The highest BCUT2D eigenvalue weighted by molar-refractivity contribution is 7.92. The molecule has 0 saturated heterocycles. The molecule has 0 aliphatic heterocycles. The van der Waals surface area contributed by atoms with Gasteiger partial charge in [-0.05, 0) is 48.5 Å². The van der Waals surface area contributed by atoms with E-state index in [1.54, 1.807) is 54.6 Å². The van der Waals surface area contributed by atoms with Gasteiger partial charge in [-0.3, -0.25) is 14.8 Å². The lowest BCUT2D eigenvalue weighted by atomic mass is 10.2. The Morgan fingerprint density at radius 2 is 1.56 bits per heavy atom. The Kier molecular flexibility index (Phi) is 4.95. The Morgan fingerprint density at radius 1 is 0.889 bits per heavy atom. The Balaban J connectivity index is 1.93. The van der Waals surface area contributed by atoms with Gasteiger partial charge in [0, 0.05) is 23.1 Å². The van der Waals surface area contributed by atoms with Crippen molar-refractivity contribution in [3.8, 4) is 0 Å². The van der Waals surface area contributed by atoms with Gasteiger partial charge in [-0.15, -0.1) is 0 Å². The van der Waals surface area contributed by atoms with Crippen LogP contribution in [0.4, 0.5) is 28.4 Å². The first-order valence-electron chi connectivity index (χ1n) is 7.84. The monoisotopic (exact) mass is 384 g/mol. The molecule has 0 unspecified atom stereocenters. The number of nitrogens with zero attached hydrogens (tertiary/aromatic N) is 1. The third-order valence-electron chi connectivity index (χ3n) is 3.69. The van der Waals surface area contributed by atoms with E-state index < -0.39 is 14.9 Å². The van der Waals surface area contributed by atoms with Crippen LogP contribution in [0, 0.1) is 10.1 Å². The van der Waals surface area contributed by atoms with Crippen molar-refractivity contribution >= 4 is 38.5 Å². The molecule has 3 rings (SSSR count). The standard InChI is InChI=1S/C18H16N4O4S/c19-13-6-8-14(9-7-13)20-17-11-10-16(12-18(17)22(23)24)27(25,26)21-15-4-2-1-3-5-15/h1-12,20-21H,19H2. The van der Waals surface area contributed by atoms with Gasteiger partial charge >= 0.3 is 0 Å². The summed E-state index contributed by atoms with van der Waals surface area (Å²) < 4.78 is 27.4. The van der Waals surface area contributed by atoms with Crippen molar-refractivity contribution in [2.75, 3.05) is 15.8 Å². The fourth-order valence-electron chi connectivity index (χ4n) is 2.38. The van der Waals surface area contributed by atoms with Crippen LogP contribution < -0.4 is 15.8 Å². The van der Waals surface area contributed by atoms with Crippen molar-refractivity contribution in [3.63, 3.8) is 0 Å². The Hall–Kier alpha value is -3.59. The van der Waals surface area contributed by atoms with Crippen molar-refractivity contribution in [3.05, 3.63) is 82.9 Å². The van der Waals surface area contributed by atoms with Crippen LogP contribution in [0.15, 0.2) is 77.7 Å². The maximum atomic E-state index is 12.5. The number of nitrogens with two attached hydrogens (primary N) is 1. The molecule has 0 aromatic heterocycles. The summed E-state index contributed by atoms with van der Waals surface area (Å²) in [6.07, 6.45) is 0. The van der Waals surface area contributed by atoms with Crippen molar-refractivity contribution in [1.29, 1.82) is 0 Å². The minimum absolute atomic E-state index is 0.170. The normalized spacial score (nSPS) is 11.0. The molecule has 0 aliphatic rings. The van der Waals surface area contributed by atoms with Crippen LogP contribution in [-0.4, -0.2) is 13.3 Å². The molecular formula is C18H16N4O4S. The highest BCUT2D eigenvalue weighted by Gasteiger charge is 2.21. The fourth-order valence-corrected chi connectivity index (χ4v) is 3.46. The van der Waals surface area contributed by atoms with Gasteiger partial charge in [0.2, 0.25) is 0 Å². The highest BCUT2D eigenvalue weighted by atomic mass is 32.2. The number of hydrogen-bond donors (Lipinski definition) is 3. The molecule has 0 saturated carbocycles. The van der Waals surface area contributed by atoms with Gasteiger partial charge in [0.1, 0.15) is 5.69 Å². The first-order chi connectivity index (χ1) is 12.8. The Labute approximate surface area is 155 Å². The first-order valence-corrected chi connectivity index (χ1v) is 9.32. The van der Waals surface area contributed by atoms with E-state index in [4.69, 9.17) is 5.73 Å². The zero-order valence-corrected chi connectivity index (χ0v) is 14.8. The van der Waals surface area contributed by atoms with Crippen LogP contribution in [0.5, 0.6) is 0 Å². The fraction of sp³-hybridized carbons (Fsp3) is 0. The quantitative estimate of drug-likeness (QED) is 0.338. The SMILES string of the molecule is Nc1ccc(Nc2ccc(S(=O)(=O)Nc3ccccc3)cc2[N+](=O)[O-])cc1. The number of anilines is 4. The number of nitro groups is 1. The lowest BCUT2D eigenvalue weighted by Gasteiger charge is -2.11. The van der Waals surface area contributed by atoms with Crippen LogP contribution in [-0.2, 0) is 10.0 Å². The summed E-state index contributed by atoms with van der Waals surface area (Å²) in [6, 6.07) is 18.6. The van der Waals surface area contributed by atoms with E-state index in [1.165, 1.54) is 12.1 Å². The molecule has 9 heteroatoms. The van der Waals surface area contributed by atoms with Crippen LogP contribution in [0.25, 0.3) is 0 Å². The molecular weight excluding hydrogens is 368 g/mol. The van der Waals surface area contributed by atoms with Crippen LogP contribution in [0.3, 0.4) is 0 Å². The summed E-state index contributed by atoms with van der Waals surface area (Å²) in [5, 5.41) is 14.3. The molecule has 8 nitrogen and oxygen atoms in total. The molecule has 0 amide bonds. The Morgan fingerprint density at radius 3 is 2.19 bits per heavy atom. The molecule has 0 heterocycles. The highest BCUT2D eigenvalue weighted by Crippen LogP contribution is 2.31. The number of sulfonamides is 1. The lowest BCUT2D eigenvalue weighted by Crippen LogP contribution is -2.13. The van der Waals surface area contributed by atoms with Crippen molar-refractivity contribution < 1.29 is 13.3 Å². The van der Waals surface area contributed by atoms with Gasteiger partial charge in [-0.25, -0.2) is 8.42 Å². The molecule has 0 bridgehead atoms. The molecule has 0 radical (unpaired) electrons. The summed E-state index contributed by atoms with van der Waals surface area (Å²) in [5.74, 6) is 0. The van der Waals surface area contributed by atoms with Gasteiger partial charge in [0.05, 0.1) is 9.82 Å². The predicted octanol–water partition coefficient (Wildman–Crippen LogP) is 3.72. The number of nitrogens with one attached hydrogen (secondary N) is 2. The molecule has 27 heavy (non-hydrogen) atoms. The van der Waals surface area contributed by atoms with E-state index in [1.807, 2.05) is 0 Å².